The Labute approximate surface area is 82.5 Å². The van der Waals surface area contributed by atoms with E-state index in [1.54, 1.807) is 13.3 Å². The Bertz CT molecular complexity index is 306. The molecule has 0 aromatic carbocycles. The molecule has 78 valence electrons. The maximum absolute atomic E-state index is 11.1. The number of amides is 1. The Kier molecular flexibility index (Phi) is 3.58. The van der Waals surface area contributed by atoms with Crippen LogP contribution in [-0.2, 0) is 18.3 Å². The van der Waals surface area contributed by atoms with Crippen LogP contribution in [0.15, 0.2) is 6.33 Å². The zero-order chi connectivity index (χ0) is 10.6. The monoisotopic (exact) mass is 197 g/mol. The third kappa shape index (κ3) is 2.81. The number of hydrogen-bond acceptors (Lipinski definition) is 4. The van der Waals surface area contributed by atoms with Gasteiger partial charge in [0.15, 0.2) is 0 Å². The van der Waals surface area contributed by atoms with Crippen molar-refractivity contribution in [1.82, 2.24) is 20.1 Å². The first-order valence-corrected chi connectivity index (χ1v) is 4.47. The number of carbonyl (C=O) groups is 1. The lowest BCUT2D eigenvalue weighted by Gasteiger charge is -2.06. The zero-order valence-electron chi connectivity index (χ0n) is 8.40. The molecule has 1 rings (SSSR count). The summed E-state index contributed by atoms with van der Waals surface area (Å²) in [6.07, 6.45) is 2.29. The number of aromatic nitrogens is 3. The molecule has 1 aromatic rings. The summed E-state index contributed by atoms with van der Waals surface area (Å²) in [6.45, 7) is 2.19. The van der Waals surface area contributed by atoms with Crippen molar-refractivity contribution in [3.63, 3.8) is 0 Å². The van der Waals surface area contributed by atoms with Crippen molar-refractivity contribution in [3.05, 3.63) is 12.2 Å². The van der Waals surface area contributed by atoms with Gasteiger partial charge in [0.2, 0.25) is 5.91 Å². The van der Waals surface area contributed by atoms with E-state index < -0.39 is 6.04 Å². The van der Waals surface area contributed by atoms with Gasteiger partial charge in [0.25, 0.3) is 0 Å². The minimum Gasteiger partial charge on any atom is -0.354 e. The molecule has 0 aliphatic carbocycles. The van der Waals surface area contributed by atoms with Crippen LogP contribution in [-0.4, -0.2) is 33.3 Å². The van der Waals surface area contributed by atoms with E-state index >= 15 is 0 Å². The van der Waals surface area contributed by atoms with Crippen molar-refractivity contribution in [2.24, 2.45) is 12.8 Å². The van der Waals surface area contributed by atoms with Gasteiger partial charge in [-0.05, 0) is 6.92 Å². The van der Waals surface area contributed by atoms with Crippen molar-refractivity contribution in [2.75, 3.05) is 6.54 Å². The van der Waals surface area contributed by atoms with E-state index in [0.717, 1.165) is 5.82 Å². The van der Waals surface area contributed by atoms with Crippen LogP contribution in [0.1, 0.15) is 12.7 Å². The molecule has 1 amide bonds. The highest BCUT2D eigenvalue weighted by atomic mass is 16.2. The number of nitrogens with one attached hydrogen (secondary N) is 1. The Morgan fingerprint density at radius 2 is 2.50 bits per heavy atom. The molecule has 0 bridgehead atoms. The summed E-state index contributed by atoms with van der Waals surface area (Å²) in [7, 11) is 1.86. The van der Waals surface area contributed by atoms with Crippen LogP contribution < -0.4 is 11.1 Å². The van der Waals surface area contributed by atoms with E-state index in [0.29, 0.717) is 13.0 Å². The van der Waals surface area contributed by atoms with Crippen LogP contribution in [0.5, 0.6) is 0 Å². The van der Waals surface area contributed by atoms with Gasteiger partial charge in [-0.1, -0.05) is 0 Å². The topological polar surface area (TPSA) is 85.8 Å². The first-order chi connectivity index (χ1) is 6.61. The largest absolute Gasteiger partial charge is 0.354 e. The predicted molar refractivity (Wildman–Crippen MR) is 51.4 cm³/mol. The Morgan fingerprint density at radius 3 is 3.00 bits per heavy atom. The minimum atomic E-state index is -0.463. The number of nitrogens with two attached hydrogens (primary N) is 1. The first kappa shape index (κ1) is 10.6. The van der Waals surface area contributed by atoms with Crippen molar-refractivity contribution in [3.8, 4) is 0 Å². The molecule has 6 heteroatoms. The van der Waals surface area contributed by atoms with Gasteiger partial charge in [0.1, 0.15) is 12.2 Å². The summed E-state index contributed by atoms with van der Waals surface area (Å²) >= 11 is 0. The molecule has 0 aliphatic rings. The molecule has 0 aliphatic heterocycles. The summed E-state index contributed by atoms with van der Waals surface area (Å²) < 4.78 is 1.82. The molecule has 3 N–H and O–H groups in total. The molecule has 0 fully saturated rings. The zero-order valence-corrected chi connectivity index (χ0v) is 8.40. The second kappa shape index (κ2) is 4.71. The standard InChI is InChI=1S/C8H15N5O/c1-6(9)8(14)10-4-3-7-12-11-5-13(7)2/h5-6H,3-4,9H2,1-2H3,(H,10,14)/t6-/m1/s1. The second-order valence-corrected chi connectivity index (χ2v) is 3.19. The number of carbonyl (C=O) groups excluding carboxylic acids is 1. The SMILES string of the molecule is C[C@@H](N)C(=O)NCCc1nncn1C. The van der Waals surface area contributed by atoms with Crippen LogP contribution in [0.25, 0.3) is 0 Å². The maximum atomic E-state index is 11.1. The number of nitrogens with zero attached hydrogens (tertiary/aromatic N) is 3. The number of rotatable bonds is 4. The molecular weight excluding hydrogens is 182 g/mol. The van der Waals surface area contributed by atoms with E-state index in [1.807, 2.05) is 11.6 Å². The summed E-state index contributed by atoms with van der Waals surface area (Å²) in [5.74, 6) is 0.696. The van der Waals surface area contributed by atoms with Gasteiger partial charge in [-0.15, -0.1) is 10.2 Å². The molecule has 6 nitrogen and oxygen atoms in total. The lowest BCUT2D eigenvalue weighted by atomic mass is 10.3. The summed E-state index contributed by atoms with van der Waals surface area (Å²) in [5, 5.41) is 10.3. The molecule has 0 saturated carbocycles. The summed E-state index contributed by atoms with van der Waals surface area (Å²) in [4.78, 5) is 11.1. The Morgan fingerprint density at radius 1 is 1.79 bits per heavy atom. The minimum absolute atomic E-state index is 0.146. The van der Waals surface area contributed by atoms with Crippen LogP contribution >= 0.6 is 0 Å². The first-order valence-electron chi connectivity index (χ1n) is 4.47. The van der Waals surface area contributed by atoms with Crippen molar-refractivity contribution >= 4 is 5.91 Å². The highest BCUT2D eigenvalue weighted by Crippen LogP contribution is 1.91. The van der Waals surface area contributed by atoms with Gasteiger partial charge in [0, 0.05) is 20.0 Å². The van der Waals surface area contributed by atoms with Gasteiger partial charge in [0.05, 0.1) is 6.04 Å². The maximum Gasteiger partial charge on any atom is 0.236 e. The van der Waals surface area contributed by atoms with Gasteiger partial charge < -0.3 is 15.6 Å². The third-order valence-electron chi connectivity index (χ3n) is 1.87. The lowest BCUT2D eigenvalue weighted by molar-refractivity contribution is -0.121. The molecule has 14 heavy (non-hydrogen) atoms. The average molecular weight is 197 g/mol. The van der Waals surface area contributed by atoms with Gasteiger partial charge in [-0.25, -0.2) is 0 Å². The fourth-order valence-corrected chi connectivity index (χ4v) is 0.992. The Balaban J connectivity index is 2.29. The van der Waals surface area contributed by atoms with E-state index in [9.17, 15) is 4.79 Å². The molecule has 1 heterocycles. The molecule has 0 radical (unpaired) electrons. The van der Waals surface area contributed by atoms with Gasteiger partial charge in [-0.2, -0.15) is 0 Å². The van der Waals surface area contributed by atoms with Gasteiger partial charge >= 0.3 is 0 Å². The fraction of sp³-hybridized carbons (Fsp3) is 0.625. The van der Waals surface area contributed by atoms with Crippen LogP contribution in [0.3, 0.4) is 0 Å². The number of hydrogen-bond donors (Lipinski definition) is 2. The fourth-order valence-electron chi connectivity index (χ4n) is 0.992. The predicted octanol–water partition coefficient (Wildman–Crippen LogP) is -1.18. The highest BCUT2D eigenvalue weighted by Gasteiger charge is 2.06. The van der Waals surface area contributed by atoms with Crippen LogP contribution in [0, 0.1) is 0 Å². The van der Waals surface area contributed by atoms with Crippen LogP contribution in [0.2, 0.25) is 0 Å². The van der Waals surface area contributed by atoms with Crippen LogP contribution in [0.4, 0.5) is 0 Å². The quantitative estimate of drug-likeness (QED) is 0.636. The van der Waals surface area contributed by atoms with E-state index in [4.69, 9.17) is 5.73 Å². The summed E-state index contributed by atoms with van der Waals surface area (Å²) in [6, 6.07) is -0.463. The smallest absolute Gasteiger partial charge is 0.236 e. The second-order valence-electron chi connectivity index (χ2n) is 3.19. The molecule has 0 unspecified atom stereocenters. The summed E-state index contributed by atoms with van der Waals surface area (Å²) in [5.41, 5.74) is 5.38. The van der Waals surface area contributed by atoms with E-state index in [1.165, 1.54) is 0 Å². The van der Waals surface area contributed by atoms with Crippen molar-refractivity contribution < 1.29 is 4.79 Å². The third-order valence-corrected chi connectivity index (χ3v) is 1.87. The van der Waals surface area contributed by atoms with E-state index in [2.05, 4.69) is 15.5 Å². The average Bonchev–Trinajstić information content (AvgIpc) is 2.51. The normalized spacial score (nSPS) is 12.5. The number of aryl methyl sites for hydroxylation is 1. The lowest BCUT2D eigenvalue weighted by Crippen LogP contribution is -2.39. The van der Waals surface area contributed by atoms with Crippen molar-refractivity contribution in [2.45, 2.75) is 19.4 Å². The molecule has 1 aromatic heterocycles. The highest BCUT2D eigenvalue weighted by molar-refractivity contribution is 5.80. The molecule has 1 atom stereocenters. The van der Waals surface area contributed by atoms with Crippen molar-refractivity contribution in [1.29, 1.82) is 0 Å². The molecule has 0 spiro atoms. The molecular formula is C8H15N5O. The van der Waals surface area contributed by atoms with Gasteiger partial charge in [-0.3, -0.25) is 4.79 Å². The Hall–Kier alpha value is -1.43. The van der Waals surface area contributed by atoms with E-state index in [-0.39, 0.29) is 5.91 Å². The molecule has 0 saturated heterocycles.